The van der Waals surface area contributed by atoms with Gasteiger partial charge in [-0.15, -0.1) is 11.3 Å². The summed E-state index contributed by atoms with van der Waals surface area (Å²) in [5.41, 5.74) is 2.43. The minimum Gasteiger partial charge on any atom is -0.490 e. The fourth-order valence-corrected chi connectivity index (χ4v) is 4.35. The molecule has 6 heteroatoms. The van der Waals surface area contributed by atoms with Crippen LogP contribution in [0.2, 0.25) is 0 Å². The van der Waals surface area contributed by atoms with Crippen molar-refractivity contribution in [1.29, 1.82) is 0 Å². The van der Waals surface area contributed by atoms with E-state index in [1.807, 2.05) is 13.1 Å². The summed E-state index contributed by atoms with van der Waals surface area (Å²) in [6, 6.07) is 6.44. The number of hydrogen-bond donors (Lipinski definition) is 1. The molecule has 1 unspecified atom stereocenters. The summed E-state index contributed by atoms with van der Waals surface area (Å²) in [6.45, 7) is 1.41. The predicted molar refractivity (Wildman–Crippen MR) is 97.7 cm³/mol. The number of nitrogens with one attached hydrogen (secondary N) is 1. The van der Waals surface area contributed by atoms with E-state index in [4.69, 9.17) is 9.47 Å². The maximum absolute atomic E-state index is 5.81. The number of halogens is 2. The summed E-state index contributed by atoms with van der Waals surface area (Å²) < 4.78 is 13.9. The van der Waals surface area contributed by atoms with Crippen molar-refractivity contribution >= 4 is 49.9 Å². The Kier molecular flexibility index (Phi) is 5.08. The van der Waals surface area contributed by atoms with Crippen LogP contribution in [-0.2, 0) is 0 Å². The molecular formula is C15H15BrINO2S. The second-order valence-electron chi connectivity index (χ2n) is 4.78. The highest BCUT2D eigenvalue weighted by Gasteiger charge is 2.21. The van der Waals surface area contributed by atoms with Gasteiger partial charge in [0.05, 0.1) is 22.1 Å². The number of hydrogen-bond acceptors (Lipinski definition) is 4. The summed E-state index contributed by atoms with van der Waals surface area (Å²) in [4.78, 5) is 0. The first-order chi connectivity index (χ1) is 10.2. The van der Waals surface area contributed by atoms with Crippen LogP contribution in [0, 0.1) is 2.88 Å². The van der Waals surface area contributed by atoms with Gasteiger partial charge >= 0.3 is 0 Å². The average Bonchev–Trinajstić information content (AvgIpc) is 2.76. The maximum atomic E-state index is 5.81. The van der Waals surface area contributed by atoms with Gasteiger partial charge in [-0.25, -0.2) is 0 Å². The van der Waals surface area contributed by atoms with E-state index in [1.165, 1.54) is 8.45 Å². The number of benzene rings is 1. The lowest BCUT2D eigenvalue weighted by atomic mass is 10.0. The molecule has 1 aromatic heterocycles. The molecule has 3 rings (SSSR count). The smallest absolute Gasteiger partial charge is 0.162 e. The molecule has 0 radical (unpaired) electrons. The highest BCUT2D eigenvalue weighted by Crippen LogP contribution is 2.39. The average molecular weight is 480 g/mol. The minimum absolute atomic E-state index is 0.135. The summed E-state index contributed by atoms with van der Waals surface area (Å²) >= 11 is 7.78. The van der Waals surface area contributed by atoms with Gasteiger partial charge in [0.2, 0.25) is 0 Å². The van der Waals surface area contributed by atoms with Gasteiger partial charge < -0.3 is 14.8 Å². The van der Waals surface area contributed by atoms with E-state index >= 15 is 0 Å². The van der Waals surface area contributed by atoms with Crippen molar-refractivity contribution in [3.63, 3.8) is 0 Å². The Morgan fingerprint density at radius 1 is 1.24 bits per heavy atom. The lowest BCUT2D eigenvalue weighted by Gasteiger charge is -2.19. The van der Waals surface area contributed by atoms with E-state index in [9.17, 15) is 0 Å². The SMILES string of the molecule is CNC(c1csc(I)c1)c1cc2c(cc1Br)OCCCO2. The first kappa shape index (κ1) is 15.6. The molecule has 0 saturated carbocycles. The zero-order chi connectivity index (χ0) is 14.8. The van der Waals surface area contributed by atoms with Gasteiger partial charge in [0.25, 0.3) is 0 Å². The van der Waals surface area contributed by atoms with Crippen molar-refractivity contribution < 1.29 is 9.47 Å². The van der Waals surface area contributed by atoms with Gasteiger partial charge in [-0.1, -0.05) is 15.9 Å². The van der Waals surface area contributed by atoms with Gasteiger partial charge in [-0.05, 0) is 64.3 Å². The summed E-state index contributed by atoms with van der Waals surface area (Å²) in [7, 11) is 1.98. The molecule has 0 bridgehead atoms. The quantitative estimate of drug-likeness (QED) is 0.653. The van der Waals surface area contributed by atoms with Crippen LogP contribution < -0.4 is 14.8 Å². The Hall–Kier alpha value is -0.310. The molecule has 0 saturated heterocycles. The lowest BCUT2D eigenvalue weighted by molar-refractivity contribution is 0.297. The first-order valence-corrected chi connectivity index (χ1v) is 9.44. The van der Waals surface area contributed by atoms with Crippen molar-refractivity contribution in [2.24, 2.45) is 0 Å². The molecule has 1 atom stereocenters. The van der Waals surface area contributed by atoms with E-state index < -0.39 is 0 Å². The Morgan fingerprint density at radius 3 is 2.57 bits per heavy atom. The molecule has 0 aliphatic carbocycles. The standard InChI is InChI=1S/C15H15BrINO2S/c1-18-15(9-5-14(17)21-8-9)10-6-12-13(7-11(10)16)20-4-2-3-19-12/h5-8,15,18H,2-4H2,1H3. The van der Waals surface area contributed by atoms with Gasteiger partial charge in [0, 0.05) is 10.9 Å². The van der Waals surface area contributed by atoms with E-state index in [1.54, 1.807) is 11.3 Å². The third-order valence-electron chi connectivity index (χ3n) is 3.39. The first-order valence-electron chi connectivity index (χ1n) is 6.69. The third-order valence-corrected chi connectivity index (χ3v) is 5.88. The van der Waals surface area contributed by atoms with Crippen LogP contribution >= 0.6 is 49.9 Å². The summed E-state index contributed by atoms with van der Waals surface area (Å²) in [6.07, 6.45) is 0.916. The van der Waals surface area contributed by atoms with E-state index in [0.29, 0.717) is 13.2 Å². The molecule has 3 nitrogen and oxygen atoms in total. The monoisotopic (exact) mass is 479 g/mol. The molecule has 0 amide bonds. The van der Waals surface area contributed by atoms with Crippen LogP contribution in [0.5, 0.6) is 11.5 Å². The van der Waals surface area contributed by atoms with Crippen LogP contribution in [0.4, 0.5) is 0 Å². The molecule has 2 heterocycles. The van der Waals surface area contributed by atoms with E-state index in [0.717, 1.165) is 28.0 Å². The van der Waals surface area contributed by atoms with Crippen molar-refractivity contribution in [3.8, 4) is 11.5 Å². The number of ether oxygens (including phenoxy) is 2. The second kappa shape index (κ2) is 6.85. The Balaban J connectivity index is 2.02. The van der Waals surface area contributed by atoms with Crippen LogP contribution in [0.25, 0.3) is 0 Å². The van der Waals surface area contributed by atoms with Crippen molar-refractivity contribution in [2.75, 3.05) is 20.3 Å². The zero-order valence-electron chi connectivity index (χ0n) is 11.5. The molecule has 1 aromatic carbocycles. The van der Waals surface area contributed by atoms with E-state index in [2.05, 4.69) is 61.4 Å². The van der Waals surface area contributed by atoms with Gasteiger partial charge in [-0.3, -0.25) is 0 Å². The molecule has 1 aliphatic heterocycles. The fourth-order valence-electron chi connectivity index (χ4n) is 2.40. The maximum Gasteiger partial charge on any atom is 0.162 e. The van der Waals surface area contributed by atoms with Gasteiger partial charge in [-0.2, -0.15) is 0 Å². The second-order valence-corrected chi connectivity index (χ2v) is 8.44. The Bertz CT molecular complexity index is 647. The van der Waals surface area contributed by atoms with Crippen LogP contribution in [-0.4, -0.2) is 20.3 Å². The van der Waals surface area contributed by atoms with Gasteiger partial charge in [0.1, 0.15) is 0 Å². The van der Waals surface area contributed by atoms with Crippen LogP contribution in [0.3, 0.4) is 0 Å². The zero-order valence-corrected chi connectivity index (χ0v) is 16.0. The molecule has 0 spiro atoms. The Labute approximate surface area is 150 Å². The van der Waals surface area contributed by atoms with Crippen LogP contribution in [0.15, 0.2) is 28.1 Å². The molecule has 112 valence electrons. The lowest BCUT2D eigenvalue weighted by Crippen LogP contribution is -2.17. The van der Waals surface area contributed by atoms with Crippen molar-refractivity contribution in [3.05, 3.63) is 42.1 Å². The molecule has 1 aliphatic rings. The highest BCUT2D eigenvalue weighted by atomic mass is 127. The van der Waals surface area contributed by atoms with Crippen LogP contribution in [0.1, 0.15) is 23.6 Å². The van der Waals surface area contributed by atoms with Crippen molar-refractivity contribution in [1.82, 2.24) is 5.32 Å². The highest BCUT2D eigenvalue weighted by molar-refractivity contribution is 14.1. The molecule has 21 heavy (non-hydrogen) atoms. The number of rotatable bonds is 3. The number of thiophene rings is 1. The Morgan fingerprint density at radius 2 is 1.95 bits per heavy atom. The number of fused-ring (bicyclic) bond motifs is 1. The van der Waals surface area contributed by atoms with E-state index in [-0.39, 0.29) is 6.04 Å². The minimum atomic E-state index is 0.135. The molecule has 2 aromatic rings. The molecule has 1 N–H and O–H groups in total. The summed E-state index contributed by atoms with van der Waals surface area (Å²) in [5.74, 6) is 1.65. The van der Waals surface area contributed by atoms with Crippen molar-refractivity contribution in [2.45, 2.75) is 12.5 Å². The van der Waals surface area contributed by atoms with Gasteiger partial charge in [0.15, 0.2) is 11.5 Å². The topological polar surface area (TPSA) is 30.5 Å². The third kappa shape index (κ3) is 3.38. The molecular weight excluding hydrogens is 465 g/mol. The normalized spacial score (nSPS) is 15.6. The summed E-state index contributed by atoms with van der Waals surface area (Å²) in [5, 5.41) is 5.58. The largest absolute Gasteiger partial charge is 0.490 e. The molecule has 0 fully saturated rings. The predicted octanol–water partition coefficient (Wildman–Crippen LogP) is 4.59. The fraction of sp³-hybridized carbons (Fsp3) is 0.333.